The molecule has 0 atom stereocenters. The van der Waals surface area contributed by atoms with Crippen LogP contribution < -0.4 is 15.5 Å². The molecule has 1 aromatic heterocycles. The topological polar surface area (TPSA) is 98.6 Å². The quantitative estimate of drug-likeness (QED) is 0.623. The van der Waals surface area contributed by atoms with E-state index in [1.807, 2.05) is 0 Å². The van der Waals surface area contributed by atoms with Crippen LogP contribution in [0.25, 0.3) is 0 Å². The molecule has 12 heteroatoms. The van der Waals surface area contributed by atoms with Crippen LogP contribution in [0.5, 0.6) is 0 Å². The molecule has 0 spiro atoms. The fourth-order valence-electron chi connectivity index (χ4n) is 4.41. The molecule has 194 valence electrons. The van der Waals surface area contributed by atoms with Crippen molar-refractivity contribution in [3.8, 4) is 0 Å². The zero-order valence-corrected chi connectivity index (χ0v) is 20.5. The van der Waals surface area contributed by atoms with Crippen LogP contribution >= 0.6 is 0 Å². The number of hydrogen-bond acceptors (Lipinski definition) is 8. The number of anilines is 2. The van der Waals surface area contributed by atoms with Gasteiger partial charge in [-0.05, 0) is 44.4 Å². The van der Waals surface area contributed by atoms with E-state index in [0.717, 1.165) is 38.0 Å². The van der Waals surface area contributed by atoms with Crippen LogP contribution in [0.1, 0.15) is 36.8 Å². The van der Waals surface area contributed by atoms with E-state index >= 15 is 0 Å². The van der Waals surface area contributed by atoms with E-state index in [2.05, 4.69) is 47.4 Å². The van der Waals surface area contributed by atoms with Crippen LogP contribution in [0.4, 0.5) is 31.0 Å². The standard InChI is InChI=1S/C24H31F3N8O/c1-28-21-31-22(33-23(32-21)35-13-11-34(2)12-14-35)30-18-9-7-16(8-10-18)20(36)29-15-17-5-3-4-6-19(17)24(25,26)27/h3-6,16H,7-15H2,1-2H3,(H,29,36)(H,28,31,32,33). The molecule has 1 aliphatic carbocycles. The lowest BCUT2D eigenvalue weighted by atomic mass is 9.87. The first kappa shape index (κ1) is 25.8. The van der Waals surface area contributed by atoms with Crippen LogP contribution in [0.3, 0.4) is 0 Å². The summed E-state index contributed by atoms with van der Waals surface area (Å²) >= 11 is 0. The van der Waals surface area contributed by atoms with Crippen molar-refractivity contribution in [2.24, 2.45) is 10.9 Å². The van der Waals surface area contributed by atoms with Crippen LogP contribution in [-0.2, 0) is 17.5 Å². The molecule has 0 radical (unpaired) electrons. The fourth-order valence-corrected chi connectivity index (χ4v) is 4.41. The van der Waals surface area contributed by atoms with Crippen molar-refractivity contribution in [1.29, 1.82) is 0 Å². The minimum Gasteiger partial charge on any atom is -0.357 e. The number of aliphatic imine (C=N–C) groups is 1. The molecule has 2 N–H and O–H groups in total. The van der Waals surface area contributed by atoms with Crippen molar-refractivity contribution in [3.05, 3.63) is 35.4 Å². The fraction of sp³-hybridized carbons (Fsp3) is 0.542. The number of carbonyl (C=O) groups is 1. The highest BCUT2D eigenvalue weighted by Crippen LogP contribution is 2.32. The van der Waals surface area contributed by atoms with Gasteiger partial charge in [-0.1, -0.05) is 18.2 Å². The Labute approximate surface area is 208 Å². The Morgan fingerprint density at radius 1 is 1.08 bits per heavy atom. The Morgan fingerprint density at radius 3 is 2.44 bits per heavy atom. The Bertz CT molecular complexity index is 1090. The number of amides is 1. The third-order valence-electron chi connectivity index (χ3n) is 6.59. The average Bonchev–Trinajstić information content (AvgIpc) is 2.87. The van der Waals surface area contributed by atoms with Crippen molar-refractivity contribution in [2.45, 2.75) is 38.4 Å². The monoisotopic (exact) mass is 504 g/mol. The molecule has 4 rings (SSSR count). The summed E-state index contributed by atoms with van der Waals surface area (Å²) in [6, 6.07) is 5.30. The van der Waals surface area contributed by atoms with Gasteiger partial charge < -0.3 is 20.4 Å². The van der Waals surface area contributed by atoms with Gasteiger partial charge in [-0.15, -0.1) is 0 Å². The highest BCUT2D eigenvalue weighted by atomic mass is 19.4. The number of nitrogens with zero attached hydrogens (tertiary/aromatic N) is 6. The Balaban J connectivity index is 1.35. The van der Waals surface area contributed by atoms with E-state index in [-0.39, 0.29) is 23.9 Å². The third kappa shape index (κ3) is 6.48. The normalized spacial score (nSPS) is 19.2. The van der Waals surface area contributed by atoms with Gasteiger partial charge in [-0.3, -0.25) is 4.79 Å². The Hall–Kier alpha value is -3.28. The highest BCUT2D eigenvalue weighted by molar-refractivity contribution is 5.89. The Morgan fingerprint density at radius 2 is 1.78 bits per heavy atom. The second-order valence-electron chi connectivity index (χ2n) is 9.12. The van der Waals surface area contributed by atoms with Crippen molar-refractivity contribution >= 4 is 29.5 Å². The van der Waals surface area contributed by atoms with E-state index in [0.29, 0.717) is 43.5 Å². The second-order valence-corrected chi connectivity index (χ2v) is 9.12. The molecule has 2 aliphatic rings. The number of halogens is 3. The second kappa shape index (κ2) is 11.2. The molecule has 0 bridgehead atoms. The first-order chi connectivity index (χ1) is 17.2. The zero-order valence-electron chi connectivity index (χ0n) is 20.5. The number of aromatic nitrogens is 3. The predicted octanol–water partition coefficient (Wildman–Crippen LogP) is 3.26. The van der Waals surface area contributed by atoms with Gasteiger partial charge in [-0.25, -0.2) is 4.99 Å². The van der Waals surface area contributed by atoms with Crippen LogP contribution in [-0.4, -0.2) is 71.7 Å². The van der Waals surface area contributed by atoms with Gasteiger partial charge >= 0.3 is 6.18 Å². The highest BCUT2D eigenvalue weighted by Gasteiger charge is 2.33. The van der Waals surface area contributed by atoms with E-state index in [1.165, 1.54) is 18.2 Å². The number of benzene rings is 1. The molecule has 9 nitrogen and oxygen atoms in total. The molecule has 0 unspecified atom stereocenters. The number of carbonyl (C=O) groups excluding carboxylic acids is 1. The zero-order chi connectivity index (χ0) is 25.7. The molecule has 1 aliphatic heterocycles. The summed E-state index contributed by atoms with van der Waals surface area (Å²) in [7, 11) is 3.83. The van der Waals surface area contributed by atoms with E-state index in [4.69, 9.17) is 0 Å². The molecule has 1 amide bonds. The summed E-state index contributed by atoms with van der Waals surface area (Å²) in [5.74, 6) is 0.875. The van der Waals surface area contributed by atoms with Crippen LogP contribution in [0.15, 0.2) is 29.3 Å². The van der Waals surface area contributed by atoms with Gasteiger partial charge in [-0.2, -0.15) is 28.1 Å². The number of hydrogen-bond donors (Lipinski definition) is 2. The van der Waals surface area contributed by atoms with Crippen LogP contribution in [0, 0.1) is 5.92 Å². The molecule has 2 heterocycles. The molecule has 2 aromatic rings. The third-order valence-corrected chi connectivity index (χ3v) is 6.59. The maximum absolute atomic E-state index is 13.2. The predicted molar refractivity (Wildman–Crippen MR) is 131 cm³/mol. The van der Waals surface area contributed by atoms with Crippen molar-refractivity contribution in [3.63, 3.8) is 0 Å². The SMILES string of the molecule is CNc1nc(N=C2CCC(C(=O)NCc3ccccc3C(F)(F)F)CC2)nc(N2CCN(C)CC2)n1. The maximum atomic E-state index is 13.2. The van der Waals surface area contributed by atoms with E-state index in [1.54, 1.807) is 7.05 Å². The lowest BCUT2D eigenvalue weighted by Crippen LogP contribution is -2.45. The summed E-state index contributed by atoms with van der Waals surface area (Å²) in [6.07, 6.45) is -2.12. The Kier molecular flexibility index (Phi) is 8.02. The number of nitrogens with one attached hydrogen (secondary N) is 2. The smallest absolute Gasteiger partial charge is 0.357 e. The number of likely N-dealkylation sites (N-methyl/N-ethyl adjacent to an activating group) is 1. The minimum absolute atomic E-state index is 0.0581. The summed E-state index contributed by atoms with van der Waals surface area (Å²) in [5, 5.41) is 5.64. The molecule has 1 saturated carbocycles. The van der Waals surface area contributed by atoms with Gasteiger partial charge in [0.2, 0.25) is 17.8 Å². The van der Waals surface area contributed by atoms with Crippen molar-refractivity contribution in [1.82, 2.24) is 25.2 Å². The first-order valence-corrected chi connectivity index (χ1v) is 12.1. The maximum Gasteiger partial charge on any atom is 0.416 e. The number of piperazine rings is 1. The van der Waals surface area contributed by atoms with Crippen LogP contribution in [0.2, 0.25) is 0 Å². The van der Waals surface area contributed by atoms with Gasteiger partial charge in [0.05, 0.1) is 5.56 Å². The van der Waals surface area contributed by atoms with E-state index < -0.39 is 11.7 Å². The minimum atomic E-state index is -4.45. The number of alkyl halides is 3. The summed E-state index contributed by atoms with van der Waals surface area (Å²) in [5.41, 5.74) is 0.236. The largest absolute Gasteiger partial charge is 0.416 e. The first-order valence-electron chi connectivity index (χ1n) is 12.1. The summed E-state index contributed by atoms with van der Waals surface area (Å²) < 4.78 is 39.6. The molecule has 36 heavy (non-hydrogen) atoms. The summed E-state index contributed by atoms with van der Waals surface area (Å²) in [4.78, 5) is 35.1. The molecule has 1 saturated heterocycles. The average molecular weight is 505 g/mol. The van der Waals surface area contributed by atoms with Crippen molar-refractivity contribution in [2.75, 3.05) is 50.5 Å². The van der Waals surface area contributed by atoms with E-state index in [9.17, 15) is 18.0 Å². The van der Waals surface area contributed by atoms with Gasteiger partial charge in [0.15, 0.2) is 0 Å². The van der Waals surface area contributed by atoms with Crippen molar-refractivity contribution < 1.29 is 18.0 Å². The van der Waals surface area contributed by atoms with Gasteiger partial charge in [0.1, 0.15) is 0 Å². The molecular formula is C24H31F3N8O. The lowest BCUT2D eigenvalue weighted by molar-refractivity contribution is -0.138. The molecular weight excluding hydrogens is 473 g/mol. The lowest BCUT2D eigenvalue weighted by Gasteiger charge is -2.32. The van der Waals surface area contributed by atoms with Gasteiger partial charge in [0.25, 0.3) is 5.95 Å². The number of rotatable bonds is 6. The summed E-state index contributed by atoms with van der Waals surface area (Å²) in [6.45, 7) is 3.35. The van der Waals surface area contributed by atoms with Gasteiger partial charge in [0, 0.05) is 51.4 Å². The molecule has 2 fully saturated rings. The molecule has 1 aromatic carbocycles.